The van der Waals surface area contributed by atoms with Crippen molar-refractivity contribution in [3.63, 3.8) is 0 Å². The number of amides is 1. The van der Waals surface area contributed by atoms with Crippen LogP contribution in [0.5, 0.6) is 0 Å². The Balaban J connectivity index is 1.91. The Kier molecular flexibility index (Phi) is 3.42. The van der Waals surface area contributed by atoms with Gasteiger partial charge < -0.3 is 15.0 Å². The number of ether oxygens (including phenoxy) is 1. The van der Waals surface area contributed by atoms with Gasteiger partial charge in [0.05, 0.1) is 30.5 Å². The molecular formula is C15H20N2O2. The maximum Gasteiger partial charge on any atom is 0.256 e. The number of hydrogen-bond acceptors (Lipinski definition) is 3. The Morgan fingerprint density at radius 1 is 1.47 bits per heavy atom. The molecule has 1 saturated heterocycles. The van der Waals surface area contributed by atoms with Crippen LogP contribution in [-0.2, 0) is 11.2 Å². The van der Waals surface area contributed by atoms with Gasteiger partial charge >= 0.3 is 0 Å². The lowest BCUT2D eigenvalue weighted by Gasteiger charge is -2.34. The number of hydrogen-bond donors (Lipinski definition) is 1. The molecule has 1 amide bonds. The summed E-state index contributed by atoms with van der Waals surface area (Å²) in [6, 6.07) is 6.19. The number of aryl methyl sites for hydroxylation is 1. The van der Waals surface area contributed by atoms with Crippen molar-refractivity contribution in [1.82, 2.24) is 4.90 Å². The number of benzene rings is 1. The van der Waals surface area contributed by atoms with Crippen LogP contribution in [0.3, 0.4) is 0 Å². The molecule has 1 fully saturated rings. The molecule has 2 aliphatic rings. The fourth-order valence-electron chi connectivity index (χ4n) is 2.87. The second-order valence-corrected chi connectivity index (χ2v) is 5.29. The standard InChI is InChI=1S/C15H20N2O2/c1-11-10-19-9-8-17(11)15(18)13-6-2-4-12-5-3-7-16-14(12)13/h2,4,6,11,16H,3,5,7-10H2,1H3. The zero-order chi connectivity index (χ0) is 13.2. The molecule has 2 heterocycles. The summed E-state index contributed by atoms with van der Waals surface area (Å²) >= 11 is 0. The van der Waals surface area contributed by atoms with Crippen LogP contribution in [0.15, 0.2) is 18.2 Å². The molecule has 0 aromatic heterocycles. The molecule has 0 spiro atoms. The van der Waals surface area contributed by atoms with E-state index in [9.17, 15) is 4.79 Å². The Morgan fingerprint density at radius 3 is 3.21 bits per heavy atom. The second-order valence-electron chi connectivity index (χ2n) is 5.29. The molecule has 4 nitrogen and oxygen atoms in total. The van der Waals surface area contributed by atoms with E-state index in [1.165, 1.54) is 5.56 Å². The molecule has 2 aliphatic heterocycles. The van der Waals surface area contributed by atoms with Gasteiger partial charge in [0.2, 0.25) is 0 Å². The van der Waals surface area contributed by atoms with E-state index in [4.69, 9.17) is 4.74 Å². The summed E-state index contributed by atoms with van der Waals surface area (Å²) in [6.07, 6.45) is 2.20. The number of anilines is 1. The van der Waals surface area contributed by atoms with Crippen LogP contribution in [0.25, 0.3) is 0 Å². The normalized spacial score (nSPS) is 22.6. The molecule has 4 heteroatoms. The fourth-order valence-corrected chi connectivity index (χ4v) is 2.87. The lowest BCUT2D eigenvalue weighted by atomic mass is 9.98. The van der Waals surface area contributed by atoms with Gasteiger partial charge in [0.25, 0.3) is 5.91 Å². The largest absolute Gasteiger partial charge is 0.384 e. The van der Waals surface area contributed by atoms with E-state index in [0.29, 0.717) is 19.8 Å². The van der Waals surface area contributed by atoms with Crippen molar-refractivity contribution < 1.29 is 9.53 Å². The summed E-state index contributed by atoms with van der Waals surface area (Å²) in [6.45, 7) is 4.95. The summed E-state index contributed by atoms with van der Waals surface area (Å²) in [7, 11) is 0. The average Bonchev–Trinajstić information content (AvgIpc) is 2.46. The van der Waals surface area contributed by atoms with Gasteiger partial charge in [-0.25, -0.2) is 0 Å². The lowest BCUT2D eigenvalue weighted by Crippen LogP contribution is -2.47. The highest BCUT2D eigenvalue weighted by atomic mass is 16.5. The number of carbonyl (C=O) groups is 1. The minimum absolute atomic E-state index is 0.127. The van der Waals surface area contributed by atoms with E-state index in [0.717, 1.165) is 30.6 Å². The second kappa shape index (κ2) is 5.21. The fraction of sp³-hybridized carbons (Fsp3) is 0.533. The molecule has 0 aliphatic carbocycles. The molecule has 1 atom stereocenters. The van der Waals surface area contributed by atoms with Gasteiger partial charge in [0.15, 0.2) is 0 Å². The topological polar surface area (TPSA) is 41.6 Å². The summed E-state index contributed by atoms with van der Waals surface area (Å²) in [5.74, 6) is 0.127. The Bertz CT molecular complexity index is 487. The van der Waals surface area contributed by atoms with E-state index in [2.05, 4.69) is 11.4 Å². The number of rotatable bonds is 1. The first-order chi connectivity index (χ1) is 9.27. The molecular weight excluding hydrogens is 240 g/mol. The minimum atomic E-state index is 0.127. The quantitative estimate of drug-likeness (QED) is 0.838. The first kappa shape index (κ1) is 12.5. The molecule has 0 radical (unpaired) electrons. The predicted molar refractivity (Wildman–Crippen MR) is 74.6 cm³/mol. The highest BCUT2D eigenvalue weighted by Crippen LogP contribution is 2.27. The van der Waals surface area contributed by atoms with Crippen LogP contribution in [-0.4, -0.2) is 43.2 Å². The van der Waals surface area contributed by atoms with Crippen molar-refractivity contribution in [2.45, 2.75) is 25.8 Å². The van der Waals surface area contributed by atoms with Gasteiger partial charge in [-0.05, 0) is 31.4 Å². The third kappa shape index (κ3) is 2.32. The molecule has 3 rings (SSSR count). The minimum Gasteiger partial charge on any atom is -0.384 e. The maximum atomic E-state index is 12.7. The Morgan fingerprint density at radius 2 is 2.37 bits per heavy atom. The average molecular weight is 260 g/mol. The Hall–Kier alpha value is -1.55. The van der Waals surface area contributed by atoms with Crippen molar-refractivity contribution in [2.24, 2.45) is 0 Å². The number of fused-ring (bicyclic) bond motifs is 1. The third-order valence-electron chi connectivity index (χ3n) is 3.93. The SMILES string of the molecule is CC1COCCN1C(=O)c1cccc2c1NCCC2. The van der Waals surface area contributed by atoms with Gasteiger partial charge in [-0.3, -0.25) is 4.79 Å². The Labute approximate surface area is 113 Å². The monoisotopic (exact) mass is 260 g/mol. The maximum absolute atomic E-state index is 12.7. The van der Waals surface area contributed by atoms with Crippen LogP contribution < -0.4 is 5.32 Å². The van der Waals surface area contributed by atoms with E-state index in [1.807, 2.05) is 24.0 Å². The van der Waals surface area contributed by atoms with E-state index in [-0.39, 0.29) is 11.9 Å². The molecule has 0 saturated carbocycles. The van der Waals surface area contributed by atoms with Crippen molar-refractivity contribution in [3.8, 4) is 0 Å². The van der Waals surface area contributed by atoms with Crippen molar-refractivity contribution in [2.75, 3.05) is 31.6 Å². The summed E-state index contributed by atoms with van der Waals surface area (Å²) in [5, 5.41) is 3.39. The van der Waals surface area contributed by atoms with Gasteiger partial charge in [0, 0.05) is 13.1 Å². The van der Waals surface area contributed by atoms with E-state index >= 15 is 0 Å². The number of nitrogens with zero attached hydrogens (tertiary/aromatic N) is 1. The third-order valence-corrected chi connectivity index (χ3v) is 3.93. The predicted octanol–water partition coefficient (Wildman–Crippen LogP) is 1.91. The molecule has 19 heavy (non-hydrogen) atoms. The first-order valence-corrected chi connectivity index (χ1v) is 7.02. The summed E-state index contributed by atoms with van der Waals surface area (Å²) < 4.78 is 5.40. The zero-order valence-corrected chi connectivity index (χ0v) is 11.3. The van der Waals surface area contributed by atoms with Crippen LogP contribution >= 0.6 is 0 Å². The zero-order valence-electron chi connectivity index (χ0n) is 11.3. The number of nitrogens with one attached hydrogen (secondary N) is 1. The molecule has 1 aromatic carbocycles. The molecule has 1 N–H and O–H groups in total. The molecule has 102 valence electrons. The van der Waals surface area contributed by atoms with Crippen LogP contribution in [0, 0.1) is 0 Å². The van der Waals surface area contributed by atoms with E-state index < -0.39 is 0 Å². The highest BCUT2D eigenvalue weighted by molar-refractivity contribution is 6.00. The molecule has 1 unspecified atom stereocenters. The first-order valence-electron chi connectivity index (χ1n) is 7.02. The molecule has 1 aromatic rings. The van der Waals surface area contributed by atoms with Crippen molar-refractivity contribution in [1.29, 1.82) is 0 Å². The van der Waals surface area contributed by atoms with Gasteiger partial charge in [0.1, 0.15) is 0 Å². The van der Waals surface area contributed by atoms with E-state index in [1.54, 1.807) is 0 Å². The van der Waals surface area contributed by atoms with Crippen molar-refractivity contribution in [3.05, 3.63) is 29.3 Å². The summed E-state index contributed by atoms with van der Waals surface area (Å²) in [4.78, 5) is 14.6. The molecule has 0 bridgehead atoms. The smallest absolute Gasteiger partial charge is 0.256 e. The van der Waals surface area contributed by atoms with Crippen LogP contribution in [0.4, 0.5) is 5.69 Å². The number of morpholine rings is 1. The van der Waals surface area contributed by atoms with Crippen LogP contribution in [0.2, 0.25) is 0 Å². The summed E-state index contributed by atoms with van der Waals surface area (Å²) in [5.41, 5.74) is 3.11. The van der Waals surface area contributed by atoms with Gasteiger partial charge in [-0.1, -0.05) is 12.1 Å². The number of carbonyl (C=O) groups excluding carboxylic acids is 1. The lowest BCUT2D eigenvalue weighted by molar-refractivity contribution is 0.00364. The van der Waals surface area contributed by atoms with Crippen LogP contribution in [0.1, 0.15) is 29.3 Å². The number of para-hydroxylation sites is 1. The van der Waals surface area contributed by atoms with Gasteiger partial charge in [-0.2, -0.15) is 0 Å². The highest BCUT2D eigenvalue weighted by Gasteiger charge is 2.27. The van der Waals surface area contributed by atoms with Crippen molar-refractivity contribution >= 4 is 11.6 Å². The van der Waals surface area contributed by atoms with Gasteiger partial charge in [-0.15, -0.1) is 0 Å².